The molecule has 0 aromatic heterocycles. The summed E-state index contributed by atoms with van der Waals surface area (Å²) < 4.78 is 0. The molecule has 3 nitrogen and oxygen atoms in total. The van der Waals surface area contributed by atoms with Crippen molar-refractivity contribution in [3.8, 4) is 0 Å². The fourth-order valence-corrected chi connectivity index (χ4v) is 1.02. The largest absolute Gasteiger partial charge is 0.381 e. The van der Waals surface area contributed by atoms with Crippen LogP contribution in [0.4, 0.5) is 5.69 Å². The average Bonchev–Trinajstić information content (AvgIpc) is 2.18. The van der Waals surface area contributed by atoms with Crippen LogP contribution in [0.1, 0.15) is 6.92 Å². The third kappa shape index (κ3) is 3.85. The number of para-hydroxylation sites is 1. The number of hydrogen-bond donors (Lipinski definition) is 1. The molecule has 3 heteroatoms. The van der Waals surface area contributed by atoms with Gasteiger partial charge in [0.1, 0.15) is 0 Å². The third-order valence-electron chi connectivity index (χ3n) is 2.09. The maximum atomic E-state index is 11.5. The first kappa shape index (κ1) is 11.3. The Morgan fingerprint density at radius 1 is 1.27 bits per heavy atom. The molecule has 0 unspecified atom stereocenters. The molecule has 1 aromatic rings. The monoisotopic (exact) mass is 204 g/mol. The molecule has 1 aromatic carbocycles. The molecular formula is C12H16N2O. The van der Waals surface area contributed by atoms with E-state index < -0.39 is 0 Å². The van der Waals surface area contributed by atoms with Crippen LogP contribution in [0.3, 0.4) is 0 Å². The topological polar surface area (TPSA) is 32.3 Å². The van der Waals surface area contributed by atoms with E-state index in [-0.39, 0.29) is 5.91 Å². The van der Waals surface area contributed by atoms with Gasteiger partial charge in [-0.3, -0.25) is 4.79 Å². The number of nitrogens with zero attached hydrogens (tertiary/aromatic N) is 1. The highest BCUT2D eigenvalue weighted by Crippen LogP contribution is 2.05. The minimum atomic E-state index is -0.104. The molecule has 0 aliphatic carbocycles. The predicted octanol–water partition coefficient (Wildman–Crippen LogP) is 2.09. The van der Waals surface area contributed by atoms with Crippen LogP contribution in [0.2, 0.25) is 0 Å². The summed E-state index contributed by atoms with van der Waals surface area (Å²) in [6.07, 6.45) is 1.58. The Bertz CT molecular complexity index is 355. The second kappa shape index (κ2) is 5.20. The number of allylic oxidation sites excluding steroid dienone is 1. The van der Waals surface area contributed by atoms with E-state index in [0.29, 0.717) is 0 Å². The Balaban J connectivity index is 2.61. The van der Waals surface area contributed by atoms with Gasteiger partial charge in [0.2, 0.25) is 5.91 Å². The van der Waals surface area contributed by atoms with Crippen LogP contribution in [0.25, 0.3) is 0 Å². The lowest BCUT2D eigenvalue weighted by atomic mass is 10.3. The van der Waals surface area contributed by atoms with Crippen molar-refractivity contribution in [2.75, 3.05) is 19.4 Å². The lowest BCUT2D eigenvalue weighted by Gasteiger charge is -2.12. The van der Waals surface area contributed by atoms with E-state index in [1.807, 2.05) is 56.3 Å². The molecule has 1 rings (SSSR count). The average molecular weight is 204 g/mol. The second-order valence-electron chi connectivity index (χ2n) is 3.54. The second-order valence-corrected chi connectivity index (χ2v) is 3.54. The van der Waals surface area contributed by atoms with Gasteiger partial charge in [-0.2, -0.15) is 0 Å². The Morgan fingerprint density at radius 2 is 1.87 bits per heavy atom. The van der Waals surface area contributed by atoms with E-state index in [1.54, 1.807) is 6.08 Å². The fourth-order valence-electron chi connectivity index (χ4n) is 1.02. The third-order valence-corrected chi connectivity index (χ3v) is 2.09. The van der Waals surface area contributed by atoms with Gasteiger partial charge in [0.15, 0.2) is 0 Å². The first-order chi connectivity index (χ1) is 7.09. The van der Waals surface area contributed by atoms with Crippen molar-refractivity contribution in [3.05, 3.63) is 42.1 Å². The number of benzene rings is 1. The predicted molar refractivity (Wildman–Crippen MR) is 62.5 cm³/mol. The molecule has 0 aliphatic heterocycles. The van der Waals surface area contributed by atoms with Crippen molar-refractivity contribution in [1.29, 1.82) is 0 Å². The minimum absolute atomic E-state index is 0.104. The summed E-state index contributed by atoms with van der Waals surface area (Å²) in [7, 11) is 3.81. The summed E-state index contributed by atoms with van der Waals surface area (Å²) in [5, 5.41) is 2.79. The molecule has 0 atom stereocenters. The SMILES string of the molecule is C/C(=C/C(=O)Nc1ccccc1)N(C)C. The molecule has 1 amide bonds. The Kier molecular flexibility index (Phi) is 3.92. The molecule has 0 fully saturated rings. The smallest absolute Gasteiger partial charge is 0.250 e. The zero-order chi connectivity index (χ0) is 11.3. The summed E-state index contributed by atoms with van der Waals surface area (Å²) in [6.45, 7) is 1.89. The van der Waals surface area contributed by atoms with Gasteiger partial charge in [-0.1, -0.05) is 18.2 Å². The zero-order valence-corrected chi connectivity index (χ0v) is 9.32. The number of carbonyl (C=O) groups is 1. The van der Waals surface area contributed by atoms with E-state index in [1.165, 1.54) is 0 Å². The number of rotatable bonds is 3. The first-order valence-corrected chi connectivity index (χ1v) is 4.81. The van der Waals surface area contributed by atoms with Crippen LogP contribution in [0.15, 0.2) is 42.1 Å². The number of amides is 1. The van der Waals surface area contributed by atoms with Gasteiger partial charge in [-0.05, 0) is 19.1 Å². The normalized spacial score (nSPS) is 11.0. The number of nitrogens with one attached hydrogen (secondary N) is 1. The van der Waals surface area contributed by atoms with Gasteiger partial charge in [0.25, 0.3) is 0 Å². The van der Waals surface area contributed by atoms with Gasteiger partial charge in [0.05, 0.1) is 0 Å². The van der Waals surface area contributed by atoms with Gasteiger partial charge in [-0.25, -0.2) is 0 Å². The molecule has 0 radical (unpaired) electrons. The number of carbonyl (C=O) groups excluding carboxylic acids is 1. The van der Waals surface area contributed by atoms with Crippen LogP contribution >= 0.6 is 0 Å². The first-order valence-electron chi connectivity index (χ1n) is 4.81. The maximum absolute atomic E-state index is 11.5. The quantitative estimate of drug-likeness (QED) is 0.765. The van der Waals surface area contributed by atoms with E-state index in [4.69, 9.17) is 0 Å². The van der Waals surface area contributed by atoms with Gasteiger partial charge in [0, 0.05) is 31.6 Å². The van der Waals surface area contributed by atoms with Crippen LogP contribution in [0, 0.1) is 0 Å². The number of anilines is 1. The molecule has 15 heavy (non-hydrogen) atoms. The molecular weight excluding hydrogens is 188 g/mol. The van der Waals surface area contributed by atoms with Crippen molar-refractivity contribution in [2.45, 2.75) is 6.92 Å². The van der Waals surface area contributed by atoms with Crippen LogP contribution in [-0.4, -0.2) is 24.9 Å². The summed E-state index contributed by atoms with van der Waals surface area (Å²) in [6, 6.07) is 9.40. The van der Waals surface area contributed by atoms with E-state index in [0.717, 1.165) is 11.4 Å². The van der Waals surface area contributed by atoms with Gasteiger partial charge in [-0.15, -0.1) is 0 Å². The fraction of sp³-hybridized carbons (Fsp3) is 0.250. The van der Waals surface area contributed by atoms with Crippen LogP contribution < -0.4 is 5.32 Å². The maximum Gasteiger partial charge on any atom is 0.250 e. The zero-order valence-electron chi connectivity index (χ0n) is 9.32. The highest BCUT2D eigenvalue weighted by Gasteiger charge is 1.99. The van der Waals surface area contributed by atoms with E-state index >= 15 is 0 Å². The summed E-state index contributed by atoms with van der Waals surface area (Å²) in [5.74, 6) is -0.104. The Morgan fingerprint density at radius 3 is 2.40 bits per heavy atom. The number of hydrogen-bond acceptors (Lipinski definition) is 2. The molecule has 80 valence electrons. The highest BCUT2D eigenvalue weighted by molar-refractivity contribution is 5.99. The molecule has 0 aliphatic rings. The van der Waals surface area contributed by atoms with Crippen LogP contribution in [-0.2, 0) is 4.79 Å². The summed E-state index contributed by atoms with van der Waals surface area (Å²) in [4.78, 5) is 13.4. The summed E-state index contributed by atoms with van der Waals surface area (Å²) in [5.41, 5.74) is 1.73. The standard InChI is InChI=1S/C12H16N2O/c1-10(14(2)3)9-12(15)13-11-7-5-4-6-8-11/h4-9H,1-3H3,(H,13,15)/b10-9-. The Hall–Kier alpha value is -1.77. The van der Waals surface area contributed by atoms with Crippen molar-refractivity contribution >= 4 is 11.6 Å². The Labute approximate surface area is 90.4 Å². The van der Waals surface area contributed by atoms with Gasteiger partial charge >= 0.3 is 0 Å². The lowest BCUT2D eigenvalue weighted by molar-refractivity contribution is -0.112. The molecule has 0 bridgehead atoms. The highest BCUT2D eigenvalue weighted by atomic mass is 16.1. The summed E-state index contributed by atoms with van der Waals surface area (Å²) >= 11 is 0. The van der Waals surface area contributed by atoms with Crippen molar-refractivity contribution in [3.63, 3.8) is 0 Å². The minimum Gasteiger partial charge on any atom is -0.381 e. The van der Waals surface area contributed by atoms with Crippen molar-refractivity contribution in [1.82, 2.24) is 4.90 Å². The molecule has 0 saturated heterocycles. The van der Waals surface area contributed by atoms with E-state index in [9.17, 15) is 4.79 Å². The van der Waals surface area contributed by atoms with Gasteiger partial charge < -0.3 is 10.2 Å². The molecule has 0 spiro atoms. The van der Waals surface area contributed by atoms with E-state index in [2.05, 4.69) is 5.32 Å². The molecule has 0 heterocycles. The molecule has 1 N–H and O–H groups in total. The molecule has 0 saturated carbocycles. The lowest BCUT2D eigenvalue weighted by Crippen LogP contribution is -2.14. The van der Waals surface area contributed by atoms with Crippen LogP contribution in [0.5, 0.6) is 0 Å². The van der Waals surface area contributed by atoms with Crippen molar-refractivity contribution in [2.24, 2.45) is 0 Å². The van der Waals surface area contributed by atoms with Crippen molar-refractivity contribution < 1.29 is 4.79 Å².